The van der Waals surface area contributed by atoms with Gasteiger partial charge in [-0.3, -0.25) is 19.4 Å². The van der Waals surface area contributed by atoms with E-state index in [0.717, 1.165) is 24.8 Å². The van der Waals surface area contributed by atoms with Gasteiger partial charge in [0.25, 0.3) is 10.2 Å². The third kappa shape index (κ3) is 12.0. The highest BCUT2D eigenvalue weighted by molar-refractivity contribution is 7.87. The Labute approximate surface area is 259 Å². The standard InChI is InChI=1S/C30H46N6O7S/c1-30(2,3)43-29(40)35-24(28(39)36-17-9-12-25(36)27(31)38)11-8-6-4-5-7-10-22-18-23(22)26(37)20-34-44(41,42)33-19-21-13-15-32-16-14-21/h7,10,13-16,22-25,33-34H,4-6,8-9,11-12,17-20H2,1-3H3,(H2,31,38)(H,35,40)/b10-7-/t22-,23+,24+,25+/m1/s1. The summed E-state index contributed by atoms with van der Waals surface area (Å²) in [6.45, 7) is 5.49. The zero-order valence-electron chi connectivity index (χ0n) is 25.8. The molecule has 14 heteroatoms. The van der Waals surface area contributed by atoms with Crippen molar-refractivity contribution in [3.8, 4) is 0 Å². The van der Waals surface area contributed by atoms with Crippen LogP contribution >= 0.6 is 0 Å². The van der Waals surface area contributed by atoms with Crippen molar-refractivity contribution in [2.45, 2.75) is 96.4 Å². The van der Waals surface area contributed by atoms with Gasteiger partial charge in [-0.15, -0.1) is 0 Å². The number of hydrogen-bond donors (Lipinski definition) is 4. The number of rotatable bonds is 17. The number of nitrogens with one attached hydrogen (secondary N) is 3. The van der Waals surface area contributed by atoms with Crippen LogP contribution in [0.2, 0.25) is 0 Å². The van der Waals surface area contributed by atoms with E-state index in [1.54, 1.807) is 45.3 Å². The summed E-state index contributed by atoms with van der Waals surface area (Å²) in [7, 11) is -3.80. The van der Waals surface area contributed by atoms with E-state index in [4.69, 9.17) is 10.5 Å². The quantitative estimate of drug-likeness (QED) is 0.148. The summed E-state index contributed by atoms with van der Waals surface area (Å²) in [6.07, 6.45) is 11.9. The van der Waals surface area contributed by atoms with Gasteiger partial charge >= 0.3 is 6.09 Å². The molecule has 0 unspecified atom stereocenters. The van der Waals surface area contributed by atoms with Gasteiger partial charge in [0.05, 0.1) is 6.54 Å². The summed E-state index contributed by atoms with van der Waals surface area (Å²) in [5.74, 6) is -1.09. The molecule has 3 amide bonds. The minimum absolute atomic E-state index is 0.103. The van der Waals surface area contributed by atoms with E-state index in [-0.39, 0.29) is 36.6 Å². The lowest BCUT2D eigenvalue weighted by Gasteiger charge is -2.28. The Kier molecular flexibility index (Phi) is 12.8. The molecule has 1 aromatic rings. The molecule has 1 saturated carbocycles. The molecule has 1 aromatic heterocycles. The highest BCUT2D eigenvalue weighted by Crippen LogP contribution is 2.40. The monoisotopic (exact) mass is 634 g/mol. The topological polar surface area (TPSA) is 190 Å². The van der Waals surface area contributed by atoms with Crippen LogP contribution in [0.4, 0.5) is 4.79 Å². The van der Waals surface area contributed by atoms with Crippen molar-refractivity contribution in [3.05, 3.63) is 42.2 Å². The van der Waals surface area contributed by atoms with Gasteiger partial charge in [-0.25, -0.2) is 4.79 Å². The lowest BCUT2D eigenvalue weighted by molar-refractivity contribution is -0.139. The molecule has 1 aliphatic carbocycles. The maximum Gasteiger partial charge on any atom is 0.408 e. The van der Waals surface area contributed by atoms with Crippen LogP contribution in [0.1, 0.15) is 77.7 Å². The average Bonchev–Trinajstić information content (AvgIpc) is 3.55. The zero-order valence-corrected chi connectivity index (χ0v) is 26.6. The van der Waals surface area contributed by atoms with E-state index >= 15 is 0 Å². The number of nitrogens with zero attached hydrogens (tertiary/aromatic N) is 2. The van der Waals surface area contributed by atoms with E-state index in [9.17, 15) is 27.6 Å². The van der Waals surface area contributed by atoms with Gasteiger partial charge in [-0.1, -0.05) is 25.0 Å². The number of aromatic nitrogens is 1. The van der Waals surface area contributed by atoms with Crippen molar-refractivity contribution < 1.29 is 32.3 Å². The molecule has 2 fully saturated rings. The van der Waals surface area contributed by atoms with Crippen molar-refractivity contribution in [2.75, 3.05) is 13.1 Å². The van der Waals surface area contributed by atoms with Crippen LogP contribution in [0, 0.1) is 11.8 Å². The first-order valence-corrected chi connectivity index (χ1v) is 16.7. The van der Waals surface area contributed by atoms with Gasteiger partial charge in [0.2, 0.25) is 11.8 Å². The lowest BCUT2D eigenvalue weighted by Crippen LogP contribution is -2.53. The number of amides is 3. The largest absolute Gasteiger partial charge is 0.444 e. The van der Waals surface area contributed by atoms with Crippen LogP contribution < -0.4 is 20.5 Å². The third-order valence-electron chi connectivity index (χ3n) is 7.51. The van der Waals surface area contributed by atoms with Crippen molar-refractivity contribution in [1.29, 1.82) is 0 Å². The van der Waals surface area contributed by atoms with E-state index in [1.807, 2.05) is 12.2 Å². The molecule has 2 heterocycles. The average molecular weight is 635 g/mol. The molecular weight excluding hydrogens is 588 g/mol. The van der Waals surface area contributed by atoms with Crippen LogP contribution in [-0.4, -0.2) is 72.8 Å². The molecule has 5 N–H and O–H groups in total. The Bertz CT molecular complexity index is 1280. The lowest BCUT2D eigenvalue weighted by atomic mass is 10.0. The number of carbonyl (C=O) groups excluding carboxylic acids is 4. The normalized spacial score (nSPS) is 20.8. The zero-order chi connectivity index (χ0) is 32.3. The fraction of sp³-hybridized carbons (Fsp3) is 0.633. The van der Waals surface area contributed by atoms with Gasteiger partial charge in [0.15, 0.2) is 5.78 Å². The molecule has 44 heavy (non-hydrogen) atoms. The summed E-state index contributed by atoms with van der Waals surface area (Å²) in [5, 5.41) is 2.69. The molecule has 2 aliphatic rings. The number of allylic oxidation sites excluding steroid dienone is 2. The first-order chi connectivity index (χ1) is 20.8. The van der Waals surface area contributed by atoms with Gasteiger partial charge in [-0.2, -0.15) is 17.9 Å². The van der Waals surface area contributed by atoms with E-state index in [0.29, 0.717) is 38.6 Å². The number of ether oxygens (including phenoxy) is 1. The van der Waals surface area contributed by atoms with Crippen LogP contribution in [-0.2, 0) is 35.9 Å². The minimum Gasteiger partial charge on any atom is -0.444 e. The number of primary amides is 1. The number of nitrogens with two attached hydrogens (primary N) is 1. The van der Waals surface area contributed by atoms with Crippen molar-refractivity contribution in [3.63, 3.8) is 0 Å². The first kappa shape index (κ1) is 35.1. The van der Waals surface area contributed by atoms with Crippen molar-refractivity contribution in [1.82, 2.24) is 24.6 Å². The molecule has 4 atom stereocenters. The highest BCUT2D eigenvalue weighted by atomic mass is 32.2. The number of likely N-dealkylation sites (tertiary alicyclic amines) is 1. The Hall–Kier alpha value is -3.36. The number of Topliss-reactive ketones (excluding diaryl/α,β-unsaturated/α-hetero) is 1. The Morgan fingerprint density at radius 2 is 1.86 bits per heavy atom. The minimum atomic E-state index is -3.80. The fourth-order valence-electron chi connectivity index (χ4n) is 5.12. The van der Waals surface area contributed by atoms with Gasteiger partial charge in [0, 0.05) is 31.4 Å². The number of alkyl carbamates (subject to hydrolysis) is 1. The Balaban J connectivity index is 1.36. The molecule has 13 nitrogen and oxygen atoms in total. The maximum atomic E-state index is 13.3. The molecule has 244 valence electrons. The molecule has 1 aliphatic heterocycles. The number of hydrogen-bond acceptors (Lipinski definition) is 8. The van der Waals surface area contributed by atoms with Gasteiger partial charge in [0.1, 0.15) is 17.7 Å². The molecule has 0 bridgehead atoms. The summed E-state index contributed by atoms with van der Waals surface area (Å²) in [6, 6.07) is 1.92. The first-order valence-electron chi connectivity index (χ1n) is 15.2. The Morgan fingerprint density at radius 1 is 1.14 bits per heavy atom. The summed E-state index contributed by atoms with van der Waals surface area (Å²) in [4.78, 5) is 55.3. The van der Waals surface area contributed by atoms with Crippen LogP contribution in [0.15, 0.2) is 36.7 Å². The van der Waals surface area contributed by atoms with Crippen LogP contribution in [0.5, 0.6) is 0 Å². The summed E-state index contributed by atoms with van der Waals surface area (Å²) in [5.41, 5.74) is 5.53. The van der Waals surface area contributed by atoms with E-state index < -0.39 is 39.9 Å². The Morgan fingerprint density at radius 3 is 2.55 bits per heavy atom. The number of carbonyl (C=O) groups is 4. The number of ketones is 1. The van der Waals surface area contributed by atoms with Gasteiger partial charge in [-0.05, 0) is 82.9 Å². The fourth-order valence-corrected chi connectivity index (χ4v) is 5.91. The summed E-state index contributed by atoms with van der Waals surface area (Å²) < 4.78 is 34.4. The molecular formula is C30H46N6O7S. The SMILES string of the molecule is CC(C)(C)OC(=O)N[C@@H](CCCCC/C=C\[C@@H]1C[C@@H]1C(=O)CNS(=O)(=O)NCc1ccncc1)C(=O)N1CCC[C@H]1C(N)=O. The van der Waals surface area contributed by atoms with E-state index in [1.165, 1.54) is 4.90 Å². The highest BCUT2D eigenvalue weighted by Gasteiger charge is 2.40. The second-order valence-corrected chi connectivity index (χ2v) is 13.9. The third-order valence-corrected chi connectivity index (χ3v) is 8.55. The number of unbranched alkanes of at least 4 members (excludes halogenated alkanes) is 3. The van der Waals surface area contributed by atoms with Crippen molar-refractivity contribution >= 4 is 33.9 Å². The predicted molar refractivity (Wildman–Crippen MR) is 164 cm³/mol. The molecule has 0 aromatic carbocycles. The van der Waals surface area contributed by atoms with Crippen LogP contribution in [0.3, 0.4) is 0 Å². The molecule has 0 radical (unpaired) electrons. The smallest absolute Gasteiger partial charge is 0.408 e. The second kappa shape index (κ2) is 16.1. The van der Waals surface area contributed by atoms with Gasteiger partial charge < -0.3 is 20.7 Å². The summed E-state index contributed by atoms with van der Waals surface area (Å²) >= 11 is 0. The number of pyridine rings is 1. The second-order valence-electron chi connectivity index (χ2n) is 12.3. The van der Waals surface area contributed by atoms with E-state index in [2.05, 4.69) is 19.7 Å². The predicted octanol–water partition coefficient (Wildman–Crippen LogP) is 2.09. The van der Waals surface area contributed by atoms with Crippen LogP contribution in [0.25, 0.3) is 0 Å². The van der Waals surface area contributed by atoms with Crippen molar-refractivity contribution in [2.24, 2.45) is 17.6 Å². The molecule has 0 spiro atoms. The maximum absolute atomic E-state index is 13.3. The molecule has 1 saturated heterocycles. The molecule has 3 rings (SSSR count).